The predicted molar refractivity (Wildman–Crippen MR) is 74.5 cm³/mol. The summed E-state index contributed by atoms with van der Waals surface area (Å²) in [4.78, 5) is 0. The van der Waals surface area contributed by atoms with Crippen LogP contribution in [0.2, 0.25) is 0 Å². The van der Waals surface area contributed by atoms with Gasteiger partial charge in [0.15, 0.2) is 0 Å². The van der Waals surface area contributed by atoms with Crippen LogP contribution < -0.4 is 0 Å². The van der Waals surface area contributed by atoms with Gasteiger partial charge in [-0.3, -0.25) is 0 Å². The van der Waals surface area contributed by atoms with Crippen LogP contribution in [0.5, 0.6) is 5.75 Å². The van der Waals surface area contributed by atoms with Crippen molar-refractivity contribution in [1.29, 1.82) is 0 Å². The normalized spacial score (nSPS) is 14.5. The van der Waals surface area contributed by atoms with E-state index in [1.807, 2.05) is 0 Å². The lowest BCUT2D eigenvalue weighted by Crippen LogP contribution is -2.20. The van der Waals surface area contributed by atoms with Crippen LogP contribution in [-0.4, -0.2) is 5.11 Å². The Morgan fingerprint density at radius 3 is 2.18 bits per heavy atom. The summed E-state index contributed by atoms with van der Waals surface area (Å²) in [6, 6.07) is 7.74. The molecule has 0 fully saturated rings. The predicted octanol–water partition coefficient (Wildman–Crippen LogP) is 5.03. The lowest BCUT2D eigenvalue weighted by Gasteiger charge is -2.29. The molecule has 0 spiro atoms. The first-order chi connectivity index (χ1) is 8.12. The highest BCUT2D eigenvalue weighted by Gasteiger charge is 2.23. The molecular formula is C16H26O. The maximum Gasteiger partial charge on any atom is 0.115 e. The summed E-state index contributed by atoms with van der Waals surface area (Å²) in [5.41, 5.74) is 1.62. The molecule has 0 radical (unpaired) electrons. The fourth-order valence-corrected chi connectivity index (χ4v) is 2.33. The summed E-state index contributed by atoms with van der Waals surface area (Å²) < 4.78 is 0. The van der Waals surface area contributed by atoms with E-state index in [1.165, 1.54) is 37.7 Å². The summed E-state index contributed by atoms with van der Waals surface area (Å²) >= 11 is 0. The first-order valence-corrected chi connectivity index (χ1v) is 6.92. The van der Waals surface area contributed by atoms with Crippen LogP contribution in [0.1, 0.15) is 64.9 Å². The number of aromatic hydroxyl groups is 1. The summed E-state index contributed by atoms with van der Waals surface area (Å²) in [6.07, 6.45) is 7.68. The molecule has 1 heteroatoms. The molecule has 0 saturated carbocycles. The molecule has 1 unspecified atom stereocenters. The van der Waals surface area contributed by atoms with Crippen LogP contribution in [0.4, 0.5) is 0 Å². The molecule has 17 heavy (non-hydrogen) atoms. The van der Waals surface area contributed by atoms with Gasteiger partial charge in [0.25, 0.3) is 0 Å². The SMILES string of the molecule is CCCCCCC(C)(CC)c1ccc(O)cc1. The van der Waals surface area contributed by atoms with E-state index < -0.39 is 0 Å². The third-order valence-corrected chi connectivity index (χ3v) is 3.93. The van der Waals surface area contributed by atoms with Crippen LogP contribution in [0.15, 0.2) is 24.3 Å². The van der Waals surface area contributed by atoms with E-state index >= 15 is 0 Å². The number of rotatable bonds is 7. The third kappa shape index (κ3) is 4.07. The molecule has 1 atom stereocenters. The van der Waals surface area contributed by atoms with Gasteiger partial charge in [-0.05, 0) is 36.0 Å². The van der Waals surface area contributed by atoms with Crippen molar-refractivity contribution in [2.75, 3.05) is 0 Å². The highest BCUT2D eigenvalue weighted by molar-refractivity contribution is 5.31. The maximum atomic E-state index is 9.34. The summed E-state index contributed by atoms with van der Waals surface area (Å²) in [5, 5.41) is 9.34. The highest BCUT2D eigenvalue weighted by atomic mass is 16.3. The molecule has 0 bridgehead atoms. The largest absolute Gasteiger partial charge is 0.508 e. The summed E-state index contributed by atoms with van der Waals surface area (Å²) in [6.45, 7) is 6.84. The second-order valence-corrected chi connectivity index (χ2v) is 5.27. The van der Waals surface area contributed by atoms with Crippen molar-refractivity contribution in [3.05, 3.63) is 29.8 Å². The molecule has 1 N–H and O–H groups in total. The van der Waals surface area contributed by atoms with E-state index in [-0.39, 0.29) is 5.41 Å². The Balaban J connectivity index is 2.63. The molecule has 0 aliphatic heterocycles. The molecule has 1 aromatic rings. The minimum absolute atomic E-state index is 0.265. The second-order valence-electron chi connectivity index (χ2n) is 5.27. The van der Waals surface area contributed by atoms with E-state index in [2.05, 4.69) is 32.9 Å². The van der Waals surface area contributed by atoms with Crippen LogP contribution >= 0.6 is 0 Å². The molecule has 0 heterocycles. The first kappa shape index (κ1) is 14.1. The zero-order valence-corrected chi connectivity index (χ0v) is 11.5. The molecule has 1 nitrogen and oxygen atoms in total. The van der Waals surface area contributed by atoms with E-state index in [1.54, 1.807) is 12.1 Å². The Bertz CT molecular complexity index is 315. The smallest absolute Gasteiger partial charge is 0.115 e. The number of unbranched alkanes of at least 4 members (excludes halogenated alkanes) is 3. The Kier molecular flexibility index (Phi) is 5.54. The monoisotopic (exact) mass is 234 g/mol. The van der Waals surface area contributed by atoms with Gasteiger partial charge in [0.1, 0.15) is 5.75 Å². The molecule has 96 valence electrons. The molecule has 0 amide bonds. The van der Waals surface area contributed by atoms with Gasteiger partial charge in [-0.15, -0.1) is 0 Å². The first-order valence-electron chi connectivity index (χ1n) is 6.92. The average Bonchev–Trinajstić information content (AvgIpc) is 2.35. The number of hydrogen-bond donors (Lipinski definition) is 1. The van der Waals surface area contributed by atoms with Crippen LogP contribution in [0.3, 0.4) is 0 Å². The van der Waals surface area contributed by atoms with Crippen molar-refractivity contribution >= 4 is 0 Å². The van der Waals surface area contributed by atoms with Crippen LogP contribution in [0.25, 0.3) is 0 Å². The van der Waals surface area contributed by atoms with E-state index in [0.717, 1.165) is 6.42 Å². The lowest BCUT2D eigenvalue weighted by molar-refractivity contribution is 0.395. The summed E-state index contributed by atoms with van der Waals surface area (Å²) in [7, 11) is 0. The molecule has 0 aliphatic rings. The molecule has 0 aromatic heterocycles. The van der Waals surface area contributed by atoms with E-state index in [4.69, 9.17) is 0 Å². The van der Waals surface area contributed by atoms with Crippen molar-refractivity contribution in [3.63, 3.8) is 0 Å². The number of benzene rings is 1. The van der Waals surface area contributed by atoms with Crippen molar-refractivity contribution in [2.45, 2.75) is 64.7 Å². The molecular weight excluding hydrogens is 208 g/mol. The Labute approximate surface area is 106 Å². The van der Waals surface area contributed by atoms with Crippen LogP contribution in [-0.2, 0) is 5.41 Å². The van der Waals surface area contributed by atoms with Gasteiger partial charge in [0.2, 0.25) is 0 Å². The lowest BCUT2D eigenvalue weighted by atomic mass is 9.76. The van der Waals surface area contributed by atoms with Crippen LogP contribution in [0, 0.1) is 0 Å². The van der Waals surface area contributed by atoms with Gasteiger partial charge in [-0.25, -0.2) is 0 Å². The average molecular weight is 234 g/mol. The second kappa shape index (κ2) is 6.68. The van der Waals surface area contributed by atoms with Crippen molar-refractivity contribution in [1.82, 2.24) is 0 Å². The number of phenolic OH excluding ortho intramolecular Hbond substituents is 1. The van der Waals surface area contributed by atoms with E-state index in [0.29, 0.717) is 5.75 Å². The Morgan fingerprint density at radius 1 is 1.00 bits per heavy atom. The fraction of sp³-hybridized carbons (Fsp3) is 0.625. The Morgan fingerprint density at radius 2 is 1.65 bits per heavy atom. The van der Waals surface area contributed by atoms with Gasteiger partial charge in [-0.2, -0.15) is 0 Å². The molecule has 0 aliphatic carbocycles. The zero-order chi connectivity index (χ0) is 12.7. The van der Waals surface area contributed by atoms with Gasteiger partial charge in [-0.1, -0.05) is 58.6 Å². The fourth-order valence-electron chi connectivity index (χ4n) is 2.33. The van der Waals surface area contributed by atoms with Crippen molar-refractivity contribution in [2.24, 2.45) is 0 Å². The quantitative estimate of drug-likeness (QED) is 0.656. The van der Waals surface area contributed by atoms with E-state index in [9.17, 15) is 5.11 Å². The Hall–Kier alpha value is -0.980. The number of hydrogen-bond acceptors (Lipinski definition) is 1. The van der Waals surface area contributed by atoms with Crippen molar-refractivity contribution < 1.29 is 5.11 Å². The van der Waals surface area contributed by atoms with Gasteiger partial charge in [0, 0.05) is 0 Å². The standard InChI is InChI=1S/C16H26O/c1-4-6-7-8-13-16(3,5-2)14-9-11-15(17)12-10-14/h9-12,17H,4-8,13H2,1-3H3. The zero-order valence-electron chi connectivity index (χ0n) is 11.5. The highest BCUT2D eigenvalue weighted by Crippen LogP contribution is 2.33. The minimum atomic E-state index is 0.265. The van der Waals surface area contributed by atoms with Gasteiger partial charge >= 0.3 is 0 Å². The third-order valence-electron chi connectivity index (χ3n) is 3.93. The van der Waals surface area contributed by atoms with Gasteiger partial charge in [0.05, 0.1) is 0 Å². The maximum absolute atomic E-state index is 9.34. The molecule has 1 rings (SSSR count). The number of phenols is 1. The molecule has 0 saturated heterocycles. The van der Waals surface area contributed by atoms with Crippen molar-refractivity contribution in [3.8, 4) is 5.75 Å². The minimum Gasteiger partial charge on any atom is -0.508 e. The summed E-state index contributed by atoms with van der Waals surface area (Å²) in [5.74, 6) is 0.359. The topological polar surface area (TPSA) is 20.2 Å². The van der Waals surface area contributed by atoms with Gasteiger partial charge < -0.3 is 5.11 Å². The molecule has 1 aromatic carbocycles.